The van der Waals surface area contributed by atoms with Gasteiger partial charge in [-0.3, -0.25) is 14.5 Å². The van der Waals surface area contributed by atoms with E-state index < -0.39 is 0 Å². The molecule has 1 aromatic rings. The zero-order valence-electron chi connectivity index (χ0n) is 15.9. The fourth-order valence-corrected chi connectivity index (χ4v) is 3.97. The van der Waals surface area contributed by atoms with E-state index >= 15 is 0 Å². The van der Waals surface area contributed by atoms with Gasteiger partial charge in [0, 0.05) is 38.2 Å². The molecule has 142 valence electrons. The molecule has 1 aromatic carbocycles. The topological polar surface area (TPSA) is 52.7 Å². The summed E-state index contributed by atoms with van der Waals surface area (Å²) in [6.07, 6.45) is 5.21. The molecule has 1 unspecified atom stereocenters. The normalized spacial score (nSPS) is 21.0. The molecule has 2 heterocycles. The van der Waals surface area contributed by atoms with E-state index in [2.05, 4.69) is 23.2 Å². The van der Waals surface area contributed by atoms with Gasteiger partial charge in [0.25, 0.3) is 5.91 Å². The van der Waals surface area contributed by atoms with Crippen molar-refractivity contribution < 1.29 is 9.59 Å². The van der Waals surface area contributed by atoms with Crippen LogP contribution in [0.5, 0.6) is 0 Å². The maximum Gasteiger partial charge on any atom is 0.251 e. The third-order valence-electron chi connectivity index (χ3n) is 5.43. The first kappa shape index (κ1) is 18.9. The summed E-state index contributed by atoms with van der Waals surface area (Å²) in [4.78, 5) is 29.0. The maximum atomic E-state index is 12.4. The van der Waals surface area contributed by atoms with Gasteiger partial charge in [-0.2, -0.15) is 0 Å². The number of nitrogens with zero attached hydrogens (tertiary/aromatic N) is 2. The summed E-state index contributed by atoms with van der Waals surface area (Å²) < 4.78 is 0. The zero-order chi connectivity index (χ0) is 18.4. The molecule has 0 spiro atoms. The molecule has 5 nitrogen and oxygen atoms in total. The predicted molar refractivity (Wildman–Crippen MR) is 103 cm³/mol. The lowest BCUT2D eigenvalue weighted by Gasteiger charge is -2.31. The molecular formula is C21H31N3O2. The molecule has 1 atom stereocenters. The Kier molecular flexibility index (Phi) is 6.67. The number of hydrogen-bond acceptors (Lipinski definition) is 3. The summed E-state index contributed by atoms with van der Waals surface area (Å²) in [6, 6.07) is 7.84. The van der Waals surface area contributed by atoms with Gasteiger partial charge >= 0.3 is 0 Å². The van der Waals surface area contributed by atoms with Crippen molar-refractivity contribution in [1.29, 1.82) is 0 Å². The summed E-state index contributed by atoms with van der Waals surface area (Å²) in [7, 11) is 0. The van der Waals surface area contributed by atoms with Crippen LogP contribution in [0.15, 0.2) is 24.3 Å². The molecule has 2 fully saturated rings. The highest BCUT2D eigenvalue weighted by atomic mass is 16.2. The number of carbonyl (C=O) groups is 2. The Morgan fingerprint density at radius 2 is 1.96 bits per heavy atom. The van der Waals surface area contributed by atoms with E-state index in [9.17, 15) is 9.59 Å². The number of piperidine rings is 1. The highest BCUT2D eigenvalue weighted by Crippen LogP contribution is 2.16. The van der Waals surface area contributed by atoms with Crippen LogP contribution < -0.4 is 5.32 Å². The molecule has 2 aliphatic heterocycles. The van der Waals surface area contributed by atoms with Crippen molar-refractivity contribution in [2.75, 3.05) is 32.7 Å². The monoisotopic (exact) mass is 357 g/mol. The second-order valence-corrected chi connectivity index (χ2v) is 7.78. The second kappa shape index (κ2) is 9.17. The minimum Gasteiger partial charge on any atom is -0.352 e. The van der Waals surface area contributed by atoms with Crippen LogP contribution in [0, 0.1) is 5.92 Å². The van der Waals surface area contributed by atoms with Gasteiger partial charge < -0.3 is 10.2 Å². The molecule has 26 heavy (non-hydrogen) atoms. The van der Waals surface area contributed by atoms with Crippen LogP contribution in [0.3, 0.4) is 0 Å². The zero-order valence-corrected chi connectivity index (χ0v) is 15.9. The molecule has 3 rings (SSSR count). The molecule has 2 amide bonds. The van der Waals surface area contributed by atoms with Gasteiger partial charge in [0.05, 0.1) is 0 Å². The average Bonchev–Trinajstić information content (AvgIpc) is 3.14. The number of likely N-dealkylation sites (tertiary alicyclic amines) is 2. The quantitative estimate of drug-likeness (QED) is 0.852. The summed E-state index contributed by atoms with van der Waals surface area (Å²) >= 11 is 0. The number of benzene rings is 1. The molecule has 0 aromatic heterocycles. The third-order valence-corrected chi connectivity index (χ3v) is 5.43. The molecule has 2 saturated heterocycles. The van der Waals surface area contributed by atoms with Crippen molar-refractivity contribution in [1.82, 2.24) is 15.1 Å². The molecule has 5 heteroatoms. The lowest BCUT2D eigenvalue weighted by molar-refractivity contribution is -0.132. The third kappa shape index (κ3) is 5.31. The van der Waals surface area contributed by atoms with E-state index in [1.807, 2.05) is 23.1 Å². The molecule has 1 N–H and O–H groups in total. The summed E-state index contributed by atoms with van der Waals surface area (Å²) in [5.74, 6) is 0.647. The Bertz CT molecular complexity index is 625. The number of hydrogen-bond donors (Lipinski definition) is 1. The fourth-order valence-electron chi connectivity index (χ4n) is 3.97. The number of amides is 2. The first-order valence-corrected chi connectivity index (χ1v) is 9.99. The van der Waals surface area contributed by atoms with Crippen molar-refractivity contribution in [2.24, 2.45) is 5.92 Å². The van der Waals surface area contributed by atoms with Crippen LogP contribution in [-0.2, 0) is 11.3 Å². The van der Waals surface area contributed by atoms with E-state index in [0.717, 1.165) is 39.1 Å². The summed E-state index contributed by atoms with van der Waals surface area (Å²) in [5.41, 5.74) is 1.86. The summed E-state index contributed by atoms with van der Waals surface area (Å²) in [5, 5.41) is 2.90. The minimum absolute atomic E-state index is 0.0897. The maximum absolute atomic E-state index is 12.4. The number of nitrogens with one attached hydrogen (secondary N) is 1. The van der Waals surface area contributed by atoms with E-state index in [4.69, 9.17) is 0 Å². The van der Waals surface area contributed by atoms with Crippen LogP contribution in [0.25, 0.3) is 0 Å². The Morgan fingerprint density at radius 1 is 1.15 bits per heavy atom. The SMILES string of the molecule is CC1CCCN(C(=O)CCNC(=O)c2cccc(CN3CCCC3)c2)C1. The van der Waals surface area contributed by atoms with Crippen LogP contribution in [0.2, 0.25) is 0 Å². The van der Waals surface area contributed by atoms with Gasteiger partial charge in [-0.1, -0.05) is 19.1 Å². The smallest absolute Gasteiger partial charge is 0.251 e. The van der Waals surface area contributed by atoms with Crippen LogP contribution in [-0.4, -0.2) is 54.3 Å². The predicted octanol–water partition coefficient (Wildman–Crippen LogP) is 2.66. The number of rotatable bonds is 6. The molecule has 0 bridgehead atoms. The van der Waals surface area contributed by atoms with E-state index in [1.165, 1.54) is 24.8 Å². The summed E-state index contributed by atoms with van der Waals surface area (Å²) in [6.45, 7) is 7.50. The van der Waals surface area contributed by atoms with Crippen molar-refractivity contribution >= 4 is 11.8 Å². The second-order valence-electron chi connectivity index (χ2n) is 7.78. The van der Waals surface area contributed by atoms with E-state index in [0.29, 0.717) is 24.4 Å². The standard InChI is InChI=1S/C21H31N3O2/c1-17-6-5-13-24(15-17)20(25)9-10-22-21(26)19-8-4-7-18(14-19)16-23-11-2-3-12-23/h4,7-8,14,17H,2-3,5-6,9-13,15-16H2,1H3,(H,22,26). The Labute approximate surface area is 156 Å². The van der Waals surface area contributed by atoms with Gasteiger partial charge in [-0.05, 0) is 62.4 Å². The molecule has 0 saturated carbocycles. The largest absolute Gasteiger partial charge is 0.352 e. The van der Waals surface area contributed by atoms with Gasteiger partial charge in [-0.25, -0.2) is 0 Å². The van der Waals surface area contributed by atoms with Gasteiger partial charge in [-0.15, -0.1) is 0 Å². The molecule has 2 aliphatic rings. The van der Waals surface area contributed by atoms with Crippen molar-refractivity contribution in [2.45, 2.75) is 45.6 Å². The van der Waals surface area contributed by atoms with E-state index in [-0.39, 0.29) is 11.8 Å². The fraction of sp³-hybridized carbons (Fsp3) is 0.619. The first-order chi connectivity index (χ1) is 12.6. The van der Waals surface area contributed by atoms with Gasteiger partial charge in [0.2, 0.25) is 5.91 Å². The van der Waals surface area contributed by atoms with Gasteiger partial charge in [0.1, 0.15) is 0 Å². The lowest BCUT2D eigenvalue weighted by Crippen LogP contribution is -2.40. The Hall–Kier alpha value is -1.88. The molecule has 0 radical (unpaired) electrons. The Morgan fingerprint density at radius 3 is 2.73 bits per heavy atom. The van der Waals surface area contributed by atoms with Crippen molar-refractivity contribution in [3.05, 3.63) is 35.4 Å². The highest BCUT2D eigenvalue weighted by molar-refractivity contribution is 5.94. The molecule has 0 aliphatic carbocycles. The first-order valence-electron chi connectivity index (χ1n) is 9.99. The van der Waals surface area contributed by atoms with Crippen molar-refractivity contribution in [3.8, 4) is 0 Å². The van der Waals surface area contributed by atoms with Crippen LogP contribution in [0.1, 0.15) is 54.9 Å². The molecular weight excluding hydrogens is 326 g/mol. The average molecular weight is 357 g/mol. The lowest BCUT2D eigenvalue weighted by atomic mass is 10.00. The Balaban J connectivity index is 1.45. The van der Waals surface area contributed by atoms with Crippen LogP contribution >= 0.6 is 0 Å². The van der Waals surface area contributed by atoms with Crippen molar-refractivity contribution in [3.63, 3.8) is 0 Å². The minimum atomic E-state index is -0.0897. The highest BCUT2D eigenvalue weighted by Gasteiger charge is 2.20. The van der Waals surface area contributed by atoms with Crippen LogP contribution in [0.4, 0.5) is 0 Å². The van der Waals surface area contributed by atoms with Gasteiger partial charge in [0.15, 0.2) is 0 Å². The van der Waals surface area contributed by atoms with E-state index in [1.54, 1.807) is 0 Å². The number of carbonyl (C=O) groups excluding carboxylic acids is 2.